The molecule has 24 heavy (non-hydrogen) atoms. The fourth-order valence-corrected chi connectivity index (χ4v) is 3.07. The van der Waals surface area contributed by atoms with Crippen LogP contribution in [0.2, 0.25) is 5.02 Å². The standard InChI is InChI=1S/C20H20ClN3/c1-23(17-11-5-3-9-15(17)21)19-13-7-8-14-20(19)24(2)18-12-6-4-10-16(18)22/h3-14H,22H2,1-2H3. The van der Waals surface area contributed by atoms with E-state index >= 15 is 0 Å². The Morgan fingerprint density at radius 1 is 0.625 bits per heavy atom. The number of anilines is 5. The van der Waals surface area contributed by atoms with Gasteiger partial charge in [0.1, 0.15) is 0 Å². The summed E-state index contributed by atoms with van der Waals surface area (Å²) in [7, 11) is 4.03. The van der Waals surface area contributed by atoms with Crippen molar-refractivity contribution >= 4 is 40.0 Å². The van der Waals surface area contributed by atoms with Gasteiger partial charge in [-0.05, 0) is 36.4 Å². The van der Waals surface area contributed by atoms with Crippen molar-refractivity contribution in [2.45, 2.75) is 0 Å². The van der Waals surface area contributed by atoms with Crippen LogP contribution in [0.4, 0.5) is 28.4 Å². The summed E-state index contributed by atoms with van der Waals surface area (Å²) < 4.78 is 0. The highest BCUT2D eigenvalue weighted by atomic mass is 35.5. The quantitative estimate of drug-likeness (QED) is 0.642. The van der Waals surface area contributed by atoms with Crippen LogP contribution in [-0.4, -0.2) is 14.1 Å². The van der Waals surface area contributed by atoms with Crippen LogP contribution in [0, 0.1) is 0 Å². The summed E-state index contributed by atoms with van der Waals surface area (Å²) in [6, 6.07) is 23.9. The highest BCUT2D eigenvalue weighted by Crippen LogP contribution is 2.39. The lowest BCUT2D eigenvalue weighted by Gasteiger charge is -2.29. The van der Waals surface area contributed by atoms with Gasteiger partial charge in [-0.3, -0.25) is 0 Å². The average molecular weight is 338 g/mol. The molecule has 0 radical (unpaired) electrons. The van der Waals surface area contributed by atoms with Gasteiger partial charge in [0.15, 0.2) is 0 Å². The van der Waals surface area contributed by atoms with Gasteiger partial charge in [-0.15, -0.1) is 0 Å². The molecule has 4 heteroatoms. The number of hydrogen-bond donors (Lipinski definition) is 1. The van der Waals surface area contributed by atoms with Gasteiger partial charge in [-0.25, -0.2) is 0 Å². The first kappa shape index (κ1) is 16.2. The zero-order valence-electron chi connectivity index (χ0n) is 13.8. The molecular formula is C20H20ClN3. The maximum Gasteiger partial charge on any atom is 0.0649 e. The molecule has 0 bridgehead atoms. The van der Waals surface area contributed by atoms with Gasteiger partial charge < -0.3 is 15.5 Å². The Morgan fingerprint density at radius 2 is 1.04 bits per heavy atom. The van der Waals surface area contributed by atoms with Crippen molar-refractivity contribution in [2.75, 3.05) is 29.6 Å². The Kier molecular flexibility index (Phi) is 4.63. The van der Waals surface area contributed by atoms with E-state index in [1.165, 1.54) is 0 Å². The fourth-order valence-electron chi connectivity index (χ4n) is 2.81. The fraction of sp³-hybridized carbons (Fsp3) is 0.100. The molecule has 3 aromatic carbocycles. The van der Waals surface area contributed by atoms with E-state index < -0.39 is 0 Å². The highest BCUT2D eigenvalue weighted by Gasteiger charge is 2.16. The van der Waals surface area contributed by atoms with Crippen LogP contribution in [0.5, 0.6) is 0 Å². The van der Waals surface area contributed by atoms with E-state index in [9.17, 15) is 0 Å². The van der Waals surface area contributed by atoms with E-state index in [2.05, 4.69) is 21.9 Å². The Hall–Kier alpha value is -2.65. The molecule has 0 spiro atoms. The Morgan fingerprint density at radius 3 is 1.58 bits per heavy atom. The summed E-state index contributed by atoms with van der Waals surface area (Å²) in [6.07, 6.45) is 0. The number of halogens is 1. The second-order valence-electron chi connectivity index (χ2n) is 5.62. The molecule has 0 amide bonds. The third kappa shape index (κ3) is 3.03. The van der Waals surface area contributed by atoms with Crippen LogP contribution in [-0.2, 0) is 0 Å². The lowest BCUT2D eigenvalue weighted by molar-refractivity contribution is 1.15. The smallest absolute Gasteiger partial charge is 0.0649 e. The number of nitrogen functional groups attached to an aromatic ring is 1. The van der Waals surface area contributed by atoms with Gasteiger partial charge in [-0.2, -0.15) is 0 Å². The van der Waals surface area contributed by atoms with Crippen molar-refractivity contribution in [1.29, 1.82) is 0 Å². The number of nitrogens with zero attached hydrogens (tertiary/aromatic N) is 2. The molecule has 0 saturated carbocycles. The molecule has 0 atom stereocenters. The number of benzene rings is 3. The van der Waals surface area contributed by atoms with E-state index in [4.69, 9.17) is 17.3 Å². The Labute approximate surface area is 147 Å². The number of rotatable bonds is 4. The monoisotopic (exact) mass is 337 g/mol. The Balaban J connectivity index is 2.06. The molecule has 0 aliphatic rings. The van der Waals surface area contributed by atoms with Gasteiger partial charge in [0, 0.05) is 14.1 Å². The van der Waals surface area contributed by atoms with Crippen LogP contribution >= 0.6 is 11.6 Å². The maximum atomic E-state index is 6.37. The lowest BCUT2D eigenvalue weighted by Crippen LogP contribution is -2.17. The predicted molar refractivity (Wildman–Crippen MR) is 105 cm³/mol. The summed E-state index contributed by atoms with van der Waals surface area (Å²) in [5.74, 6) is 0. The summed E-state index contributed by atoms with van der Waals surface area (Å²) in [6.45, 7) is 0. The molecule has 122 valence electrons. The van der Waals surface area contributed by atoms with Crippen molar-refractivity contribution in [2.24, 2.45) is 0 Å². The molecule has 2 N–H and O–H groups in total. The minimum atomic E-state index is 0.719. The third-order valence-corrected chi connectivity index (χ3v) is 4.44. The first-order chi connectivity index (χ1) is 11.6. The van der Waals surface area contributed by atoms with Gasteiger partial charge in [0.25, 0.3) is 0 Å². The van der Waals surface area contributed by atoms with Crippen LogP contribution in [0.25, 0.3) is 0 Å². The highest BCUT2D eigenvalue weighted by molar-refractivity contribution is 6.33. The molecular weight excluding hydrogens is 318 g/mol. The van der Waals surface area contributed by atoms with Crippen molar-refractivity contribution in [3.05, 3.63) is 77.8 Å². The van der Waals surface area contributed by atoms with E-state index in [0.29, 0.717) is 0 Å². The van der Waals surface area contributed by atoms with E-state index in [0.717, 1.165) is 33.5 Å². The summed E-state index contributed by atoms with van der Waals surface area (Å²) in [4.78, 5) is 4.19. The molecule has 3 aromatic rings. The minimum Gasteiger partial charge on any atom is -0.397 e. The van der Waals surface area contributed by atoms with Gasteiger partial charge in [0.2, 0.25) is 0 Å². The SMILES string of the molecule is CN(c1ccccc1N)c1ccccc1N(C)c1ccccc1Cl. The van der Waals surface area contributed by atoms with Crippen LogP contribution < -0.4 is 15.5 Å². The molecule has 0 aromatic heterocycles. The average Bonchev–Trinajstić information content (AvgIpc) is 2.61. The molecule has 0 saturated heterocycles. The van der Waals surface area contributed by atoms with Crippen molar-refractivity contribution in [1.82, 2.24) is 0 Å². The molecule has 3 nitrogen and oxygen atoms in total. The summed E-state index contributed by atoms with van der Waals surface area (Å²) in [5, 5.41) is 0.719. The van der Waals surface area contributed by atoms with E-state index in [1.54, 1.807) is 0 Å². The zero-order valence-corrected chi connectivity index (χ0v) is 14.5. The van der Waals surface area contributed by atoms with Crippen molar-refractivity contribution < 1.29 is 0 Å². The lowest BCUT2D eigenvalue weighted by atomic mass is 10.1. The molecule has 3 rings (SSSR count). The van der Waals surface area contributed by atoms with Crippen LogP contribution in [0.15, 0.2) is 72.8 Å². The zero-order chi connectivity index (χ0) is 17.1. The third-order valence-electron chi connectivity index (χ3n) is 4.12. The molecule has 0 unspecified atom stereocenters. The predicted octanol–water partition coefficient (Wildman–Crippen LogP) is 5.46. The first-order valence-electron chi connectivity index (χ1n) is 7.75. The number of hydrogen-bond acceptors (Lipinski definition) is 3. The van der Waals surface area contributed by atoms with Crippen LogP contribution in [0.3, 0.4) is 0 Å². The van der Waals surface area contributed by atoms with Gasteiger partial charge >= 0.3 is 0 Å². The molecule has 0 fully saturated rings. The van der Waals surface area contributed by atoms with Crippen molar-refractivity contribution in [3.8, 4) is 0 Å². The normalized spacial score (nSPS) is 10.5. The first-order valence-corrected chi connectivity index (χ1v) is 8.13. The summed E-state index contributed by atoms with van der Waals surface area (Å²) in [5.41, 5.74) is 10.9. The van der Waals surface area contributed by atoms with Gasteiger partial charge in [0.05, 0.1) is 33.5 Å². The van der Waals surface area contributed by atoms with Gasteiger partial charge in [-0.1, -0.05) is 48.0 Å². The van der Waals surface area contributed by atoms with Crippen molar-refractivity contribution in [3.63, 3.8) is 0 Å². The largest absolute Gasteiger partial charge is 0.397 e. The summed E-state index contributed by atoms with van der Waals surface area (Å²) >= 11 is 6.37. The topological polar surface area (TPSA) is 32.5 Å². The second kappa shape index (κ2) is 6.85. The molecule has 0 aliphatic heterocycles. The number of para-hydroxylation sites is 5. The molecule has 0 aliphatic carbocycles. The molecule has 0 heterocycles. The Bertz CT molecular complexity index is 777. The van der Waals surface area contributed by atoms with Crippen LogP contribution in [0.1, 0.15) is 0 Å². The van der Waals surface area contributed by atoms with E-state index in [-0.39, 0.29) is 0 Å². The van der Waals surface area contributed by atoms with E-state index in [1.807, 2.05) is 74.8 Å². The second-order valence-corrected chi connectivity index (χ2v) is 6.02. The minimum absolute atomic E-state index is 0.719. The number of nitrogens with two attached hydrogens (primary N) is 1. The maximum absolute atomic E-state index is 6.37.